The zero-order valence-electron chi connectivity index (χ0n) is 12.2. The molecule has 0 bridgehead atoms. The zero-order valence-corrected chi connectivity index (χ0v) is 13.0. The molecule has 1 aromatic heterocycles. The molecule has 0 spiro atoms. The van der Waals surface area contributed by atoms with Crippen LogP contribution in [0.4, 0.5) is 5.82 Å². The summed E-state index contributed by atoms with van der Waals surface area (Å²) in [6.45, 7) is 4.41. The molecule has 0 saturated carbocycles. The summed E-state index contributed by atoms with van der Waals surface area (Å²) >= 11 is 0. The van der Waals surface area contributed by atoms with Gasteiger partial charge in [-0.2, -0.15) is 5.10 Å². The largest absolute Gasteiger partial charge is 0.381 e. The number of nitrogens with two attached hydrogens (primary N) is 1. The summed E-state index contributed by atoms with van der Waals surface area (Å²) in [7, 11) is -3.69. The Bertz CT molecular complexity index is 695. The number of sulfonamides is 1. The third kappa shape index (κ3) is 3.62. The molecule has 0 saturated heterocycles. The molecule has 1 aromatic carbocycles. The molecule has 114 valence electrons. The maximum Gasteiger partial charge on any atom is 0.246 e. The van der Waals surface area contributed by atoms with Crippen LogP contribution < -0.4 is 10.5 Å². The van der Waals surface area contributed by atoms with Gasteiger partial charge in [-0.25, -0.2) is 13.1 Å². The number of nitrogens with one attached hydrogen (secondary N) is 1. The number of hydrogen-bond acceptors (Lipinski definition) is 4. The van der Waals surface area contributed by atoms with Crippen LogP contribution in [-0.2, 0) is 16.6 Å². The van der Waals surface area contributed by atoms with Gasteiger partial charge in [0, 0.05) is 18.8 Å². The van der Waals surface area contributed by atoms with E-state index in [9.17, 15) is 8.42 Å². The molecule has 0 radical (unpaired) electrons. The second-order valence-corrected chi connectivity index (χ2v) is 6.58. The van der Waals surface area contributed by atoms with Gasteiger partial charge < -0.3 is 5.73 Å². The molecule has 1 heterocycles. The van der Waals surface area contributed by atoms with Crippen molar-refractivity contribution in [3.63, 3.8) is 0 Å². The van der Waals surface area contributed by atoms with Gasteiger partial charge in [0.25, 0.3) is 0 Å². The van der Waals surface area contributed by atoms with Crippen molar-refractivity contribution in [1.82, 2.24) is 14.5 Å². The number of rotatable bonds is 6. The van der Waals surface area contributed by atoms with Gasteiger partial charge in [0.1, 0.15) is 4.90 Å². The Balaban J connectivity index is 2.22. The van der Waals surface area contributed by atoms with E-state index in [4.69, 9.17) is 5.73 Å². The van der Waals surface area contributed by atoms with Crippen LogP contribution in [0.1, 0.15) is 31.9 Å². The lowest BCUT2D eigenvalue weighted by Gasteiger charge is -2.13. The predicted molar refractivity (Wildman–Crippen MR) is 82.1 cm³/mol. The molecule has 0 amide bonds. The van der Waals surface area contributed by atoms with Crippen LogP contribution in [0.15, 0.2) is 41.4 Å². The van der Waals surface area contributed by atoms with E-state index in [1.807, 2.05) is 37.3 Å². The van der Waals surface area contributed by atoms with Crippen molar-refractivity contribution in [3.8, 4) is 0 Å². The van der Waals surface area contributed by atoms with Crippen molar-refractivity contribution in [2.45, 2.75) is 37.8 Å². The van der Waals surface area contributed by atoms with Gasteiger partial charge in [-0.15, -0.1) is 0 Å². The molecule has 0 fully saturated rings. The van der Waals surface area contributed by atoms with E-state index in [0.29, 0.717) is 6.54 Å². The van der Waals surface area contributed by atoms with Gasteiger partial charge in [-0.3, -0.25) is 4.68 Å². The molecule has 6 nitrogen and oxygen atoms in total. The Morgan fingerprint density at radius 2 is 2.00 bits per heavy atom. The molecule has 7 heteroatoms. The van der Waals surface area contributed by atoms with Crippen LogP contribution in [0.3, 0.4) is 0 Å². The summed E-state index contributed by atoms with van der Waals surface area (Å²) in [5, 5.41) is 4.02. The lowest BCUT2D eigenvalue weighted by molar-refractivity contribution is 0.566. The quantitative estimate of drug-likeness (QED) is 0.853. The second-order valence-electron chi connectivity index (χ2n) is 4.90. The van der Waals surface area contributed by atoms with Crippen molar-refractivity contribution in [3.05, 3.63) is 42.1 Å². The maximum atomic E-state index is 12.4. The molecular formula is C14H20N4O2S. The van der Waals surface area contributed by atoms with Crippen molar-refractivity contribution >= 4 is 15.8 Å². The average Bonchev–Trinajstić information content (AvgIpc) is 2.81. The summed E-state index contributed by atoms with van der Waals surface area (Å²) < 4.78 is 29.0. The van der Waals surface area contributed by atoms with Gasteiger partial charge in [0.05, 0.1) is 0 Å². The minimum Gasteiger partial charge on any atom is -0.381 e. The van der Waals surface area contributed by atoms with E-state index in [-0.39, 0.29) is 16.8 Å². The highest BCUT2D eigenvalue weighted by atomic mass is 32.2. The van der Waals surface area contributed by atoms with Gasteiger partial charge in [0.2, 0.25) is 10.0 Å². The first kappa shape index (κ1) is 15.5. The van der Waals surface area contributed by atoms with E-state index < -0.39 is 10.0 Å². The maximum absolute atomic E-state index is 12.4. The van der Waals surface area contributed by atoms with Crippen LogP contribution >= 0.6 is 0 Å². The van der Waals surface area contributed by atoms with Crippen LogP contribution in [0.25, 0.3) is 0 Å². The molecule has 0 aliphatic heterocycles. The minimum atomic E-state index is -3.69. The van der Waals surface area contributed by atoms with E-state index in [1.165, 1.54) is 6.20 Å². The summed E-state index contributed by atoms with van der Waals surface area (Å²) in [5.74, 6) is 0.0243. The molecule has 0 aliphatic carbocycles. The normalized spacial score (nSPS) is 13.2. The first-order chi connectivity index (χ1) is 9.94. The third-order valence-corrected chi connectivity index (χ3v) is 4.69. The summed E-state index contributed by atoms with van der Waals surface area (Å²) in [5.41, 5.74) is 6.61. The SMILES string of the molecule is CCCn1cc(S(=O)(=O)N[C@H](C)c2ccccc2)c(N)n1. The molecule has 1 atom stereocenters. The number of aryl methyl sites for hydroxylation is 1. The number of hydrogen-bond donors (Lipinski definition) is 2. The first-order valence-electron chi connectivity index (χ1n) is 6.84. The fourth-order valence-corrected chi connectivity index (χ4v) is 3.38. The highest BCUT2D eigenvalue weighted by molar-refractivity contribution is 7.89. The number of benzene rings is 1. The smallest absolute Gasteiger partial charge is 0.246 e. The number of aromatic nitrogens is 2. The fourth-order valence-electron chi connectivity index (χ4n) is 2.07. The van der Waals surface area contributed by atoms with E-state index in [0.717, 1.165) is 12.0 Å². The van der Waals surface area contributed by atoms with Crippen molar-refractivity contribution in [1.29, 1.82) is 0 Å². The average molecular weight is 308 g/mol. The third-order valence-electron chi connectivity index (χ3n) is 3.13. The van der Waals surface area contributed by atoms with Crippen molar-refractivity contribution in [2.24, 2.45) is 0 Å². The Hall–Kier alpha value is -1.86. The monoisotopic (exact) mass is 308 g/mol. The van der Waals surface area contributed by atoms with Gasteiger partial charge >= 0.3 is 0 Å². The van der Waals surface area contributed by atoms with Crippen LogP contribution in [0.5, 0.6) is 0 Å². The lowest BCUT2D eigenvalue weighted by atomic mass is 10.1. The Morgan fingerprint density at radius 1 is 1.33 bits per heavy atom. The summed E-state index contributed by atoms with van der Waals surface area (Å²) in [6, 6.07) is 9.03. The van der Waals surface area contributed by atoms with Crippen LogP contribution in [0, 0.1) is 0 Å². The van der Waals surface area contributed by atoms with Gasteiger partial charge in [0.15, 0.2) is 5.82 Å². The Kier molecular flexibility index (Phi) is 4.64. The summed E-state index contributed by atoms with van der Waals surface area (Å²) in [4.78, 5) is 0.0266. The highest BCUT2D eigenvalue weighted by Gasteiger charge is 2.23. The molecule has 0 unspecified atom stereocenters. The second kappa shape index (κ2) is 6.28. The number of nitrogen functional groups attached to an aromatic ring is 1. The fraction of sp³-hybridized carbons (Fsp3) is 0.357. The van der Waals surface area contributed by atoms with E-state index >= 15 is 0 Å². The topological polar surface area (TPSA) is 90.0 Å². The molecule has 3 N–H and O–H groups in total. The zero-order chi connectivity index (χ0) is 15.5. The minimum absolute atomic E-state index is 0.0243. The Labute approximate surface area is 125 Å². The standard InChI is InChI=1S/C14H20N4O2S/c1-3-9-18-10-13(14(15)16-18)21(19,20)17-11(2)12-7-5-4-6-8-12/h4-8,10-11,17H,3,9H2,1-2H3,(H2,15,16)/t11-/m1/s1. The molecule has 2 rings (SSSR count). The van der Waals surface area contributed by atoms with Gasteiger partial charge in [-0.05, 0) is 18.9 Å². The van der Waals surface area contributed by atoms with Crippen LogP contribution in [0.2, 0.25) is 0 Å². The van der Waals surface area contributed by atoms with Crippen LogP contribution in [-0.4, -0.2) is 18.2 Å². The molecule has 0 aliphatic rings. The number of nitrogens with zero attached hydrogens (tertiary/aromatic N) is 2. The Morgan fingerprint density at radius 3 is 2.62 bits per heavy atom. The van der Waals surface area contributed by atoms with E-state index in [1.54, 1.807) is 11.6 Å². The molecular weight excluding hydrogens is 288 g/mol. The van der Waals surface area contributed by atoms with Gasteiger partial charge in [-0.1, -0.05) is 37.3 Å². The lowest BCUT2D eigenvalue weighted by Crippen LogP contribution is -2.27. The predicted octanol–water partition coefficient (Wildman–Crippen LogP) is 1.91. The molecule has 21 heavy (non-hydrogen) atoms. The highest BCUT2D eigenvalue weighted by Crippen LogP contribution is 2.20. The van der Waals surface area contributed by atoms with E-state index in [2.05, 4.69) is 9.82 Å². The van der Waals surface area contributed by atoms with Crippen molar-refractivity contribution < 1.29 is 8.42 Å². The summed E-state index contributed by atoms with van der Waals surface area (Å²) in [6.07, 6.45) is 2.33. The first-order valence-corrected chi connectivity index (χ1v) is 8.32. The number of anilines is 1. The molecule has 2 aromatic rings. The van der Waals surface area contributed by atoms with Crippen molar-refractivity contribution in [2.75, 3.05) is 5.73 Å².